The van der Waals surface area contributed by atoms with Crippen LogP contribution in [0.1, 0.15) is 27.2 Å². The van der Waals surface area contributed by atoms with E-state index in [4.69, 9.17) is 11.6 Å². The number of rotatable bonds is 4. The van der Waals surface area contributed by atoms with E-state index in [0.717, 1.165) is 11.1 Å². The molecule has 1 N–H and O–H groups in total. The molecule has 0 radical (unpaired) electrons. The molecule has 3 rings (SSSR count). The fraction of sp³-hybridized carbons (Fsp3) is 0.158. The first-order valence-corrected chi connectivity index (χ1v) is 8.19. The maximum Gasteiger partial charge on any atom is 0.256 e. The fourth-order valence-corrected chi connectivity index (χ4v) is 2.94. The monoisotopic (exact) mass is 357 g/mol. The van der Waals surface area contributed by atoms with Crippen molar-refractivity contribution < 1.29 is 9.18 Å². The molecule has 0 aliphatic heterocycles. The van der Waals surface area contributed by atoms with Crippen LogP contribution in [-0.2, 0) is 6.54 Å². The fourth-order valence-electron chi connectivity index (χ4n) is 2.58. The Hall–Kier alpha value is -2.66. The summed E-state index contributed by atoms with van der Waals surface area (Å²) in [5.74, 6) is -0.640. The number of nitrogens with one attached hydrogen (secondary N) is 1. The highest BCUT2D eigenvalue weighted by Gasteiger charge is 2.21. The van der Waals surface area contributed by atoms with Gasteiger partial charge in [0.2, 0.25) is 0 Å². The molecule has 0 saturated heterocycles. The van der Waals surface area contributed by atoms with Crippen molar-refractivity contribution in [1.29, 1.82) is 0 Å². The van der Waals surface area contributed by atoms with Crippen LogP contribution in [0.15, 0.2) is 48.5 Å². The highest BCUT2D eigenvalue weighted by atomic mass is 35.5. The molecule has 1 heterocycles. The Kier molecular flexibility index (Phi) is 4.86. The van der Waals surface area contributed by atoms with Crippen molar-refractivity contribution in [2.75, 3.05) is 0 Å². The lowest BCUT2D eigenvalue weighted by atomic mass is 10.1. The standard InChI is InChI=1S/C19H17ClFN3O/c1-12-5-3-4-6-14(12)11-22-19(25)17-13(2)23-24(18(17)20)16-9-7-15(21)8-10-16/h3-10H,11H2,1-2H3,(H,22,25). The average molecular weight is 358 g/mol. The lowest BCUT2D eigenvalue weighted by Gasteiger charge is -2.08. The van der Waals surface area contributed by atoms with E-state index in [0.29, 0.717) is 23.5 Å². The quantitative estimate of drug-likeness (QED) is 0.760. The highest BCUT2D eigenvalue weighted by Crippen LogP contribution is 2.23. The number of carbonyl (C=O) groups is 1. The molecule has 0 bridgehead atoms. The van der Waals surface area contributed by atoms with Gasteiger partial charge in [0.15, 0.2) is 0 Å². The number of benzene rings is 2. The van der Waals surface area contributed by atoms with Crippen molar-refractivity contribution >= 4 is 17.5 Å². The minimum atomic E-state index is -0.347. The Labute approximate surface area is 150 Å². The molecule has 2 aromatic carbocycles. The smallest absolute Gasteiger partial charge is 0.256 e. The van der Waals surface area contributed by atoms with E-state index in [1.54, 1.807) is 19.1 Å². The van der Waals surface area contributed by atoms with Crippen LogP contribution in [0.25, 0.3) is 5.69 Å². The highest BCUT2D eigenvalue weighted by molar-refractivity contribution is 6.33. The van der Waals surface area contributed by atoms with Gasteiger partial charge in [0, 0.05) is 6.54 Å². The van der Waals surface area contributed by atoms with E-state index >= 15 is 0 Å². The van der Waals surface area contributed by atoms with Crippen molar-refractivity contribution in [1.82, 2.24) is 15.1 Å². The predicted octanol–water partition coefficient (Wildman–Crippen LogP) is 4.21. The van der Waals surface area contributed by atoms with Gasteiger partial charge in [-0.15, -0.1) is 0 Å². The van der Waals surface area contributed by atoms with Crippen LogP contribution >= 0.6 is 11.6 Å². The van der Waals surface area contributed by atoms with Gasteiger partial charge < -0.3 is 5.32 Å². The molecule has 0 aliphatic carbocycles. The molecule has 6 heteroatoms. The second-order valence-electron chi connectivity index (χ2n) is 5.75. The molecule has 0 spiro atoms. The summed E-state index contributed by atoms with van der Waals surface area (Å²) in [6.45, 7) is 4.11. The first-order chi connectivity index (χ1) is 12.0. The molecule has 128 valence electrons. The molecule has 1 aromatic heterocycles. The number of hydrogen-bond acceptors (Lipinski definition) is 2. The second-order valence-corrected chi connectivity index (χ2v) is 6.11. The number of hydrogen-bond donors (Lipinski definition) is 1. The molecule has 25 heavy (non-hydrogen) atoms. The van der Waals surface area contributed by atoms with Gasteiger partial charge in [0.25, 0.3) is 5.91 Å². The summed E-state index contributed by atoms with van der Waals surface area (Å²) in [5, 5.41) is 7.38. The predicted molar refractivity (Wildman–Crippen MR) is 95.6 cm³/mol. The molecule has 0 saturated carbocycles. The molecular formula is C19H17ClFN3O. The minimum absolute atomic E-state index is 0.200. The van der Waals surface area contributed by atoms with E-state index < -0.39 is 0 Å². The van der Waals surface area contributed by atoms with Crippen molar-refractivity contribution in [3.05, 3.63) is 81.9 Å². The number of carbonyl (C=O) groups excluding carboxylic acids is 1. The molecule has 0 aliphatic rings. The number of aromatic nitrogens is 2. The second kappa shape index (κ2) is 7.07. The minimum Gasteiger partial charge on any atom is -0.348 e. The Morgan fingerprint density at radius 3 is 2.52 bits per heavy atom. The Bertz CT molecular complexity index is 919. The number of nitrogens with zero attached hydrogens (tertiary/aromatic N) is 2. The zero-order chi connectivity index (χ0) is 18.0. The van der Waals surface area contributed by atoms with Crippen LogP contribution in [0, 0.1) is 19.7 Å². The van der Waals surface area contributed by atoms with Crippen LogP contribution in [-0.4, -0.2) is 15.7 Å². The summed E-state index contributed by atoms with van der Waals surface area (Å²) in [6, 6.07) is 13.6. The van der Waals surface area contributed by atoms with Crippen LogP contribution in [0.3, 0.4) is 0 Å². The van der Waals surface area contributed by atoms with Crippen LogP contribution in [0.4, 0.5) is 4.39 Å². The topological polar surface area (TPSA) is 46.9 Å². The zero-order valence-electron chi connectivity index (χ0n) is 13.9. The Morgan fingerprint density at radius 1 is 1.16 bits per heavy atom. The number of amides is 1. The van der Waals surface area contributed by atoms with Gasteiger partial charge in [-0.05, 0) is 49.2 Å². The molecule has 0 unspecified atom stereocenters. The number of halogens is 2. The van der Waals surface area contributed by atoms with E-state index in [1.165, 1.54) is 16.8 Å². The van der Waals surface area contributed by atoms with Crippen molar-refractivity contribution in [2.45, 2.75) is 20.4 Å². The molecular weight excluding hydrogens is 341 g/mol. The summed E-state index contributed by atoms with van der Waals surface area (Å²) < 4.78 is 14.5. The molecule has 0 atom stereocenters. The van der Waals surface area contributed by atoms with Gasteiger partial charge in [-0.3, -0.25) is 4.79 Å². The first-order valence-electron chi connectivity index (χ1n) is 7.81. The van der Waals surface area contributed by atoms with Gasteiger partial charge in [-0.1, -0.05) is 35.9 Å². The maximum atomic E-state index is 13.1. The van der Waals surface area contributed by atoms with Crippen molar-refractivity contribution in [3.8, 4) is 5.69 Å². The van der Waals surface area contributed by atoms with Crippen LogP contribution in [0.2, 0.25) is 5.15 Å². The number of aryl methyl sites for hydroxylation is 2. The van der Waals surface area contributed by atoms with Gasteiger partial charge in [0.05, 0.1) is 16.9 Å². The van der Waals surface area contributed by atoms with Gasteiger partial charge in [-0.25, -0.2) is 9.07 Å². The molecule has 1 amide bonds. The maximum absolute atomic E-state index is 13.1. The normalized spacial score (nSPS) is 10.7. The van der Waals surface area contributed by atoms with Gasteiger partial charge in [-0.2, -0.15) is 5.10 Å². The Balaban J connectivity index is 1.84. The van der Waals surface area contributed by atoms with Crippen molar-refractivity contribution in [2.24, 2.45) is 0 Å². The zero-order valence-corrected chi connectivity index (χ0v) is 14.6. The summed E-state index contributed by atoms with van der Waals surface area (Å²) in [6.07, 6.45) is 0. The molecule has 3 aromatic rings. The lowest BCUT2D eigenvalue weighted by Crippen LogP contribution is -2.23. The van der Waals surface area contributed by atoms with Crippen molar-refractivity contribution in [3.63, 3.8) is 0 Å². The summed E-state index contributed by atoms with van der Waals surface area (Å²) >= 11 is 6.36. The van der Waals surface area contributed by atoms with E-state index in [-0.39, 0.29) is 16.9 Å². The third kappa shape index (κ3) is 3.56. The summed E-state index contributed by atoms with van der Waals surface area (Å²) in [4.78, 5) is 12.6. The van der Waals surface area contributed by atoms with Gasteiger partial charge in [0.1, 0.15) is 11.0 Å². The SMILES string of the molecule is Cc1ccccc1CNC(=O)c1c(C)nn(-c2ccc(F)cc2)c1Cl. The summed E-state index contributed by atoms with van der Waals surface area (Å²) in [5.41, 5.74) is 3.56. The van der Waals surface area contributed by atoms with Crippen LogP contribution in [0.5, 0.6) is 0 Å². The largest absolute Gasteiger partial charge is 0.348 e. The Morgan fingerprint density at radius 2 is 1.84 bits per heavy atom. The molecule has 4 nitrogen and oxygen atoms in total. The third-order valence-electron chi connectivity index (χ3n) is 4.00. The molecule has 0 fully saturated rings. The van der Waals surface area contributed by atoms with E-state index in [9.17, 15) is 9.18 Å². The van der Waals surface area contributed by atoms with E-state index in [2.05, 4.69) is 10.4 Å². The average Bonchev–Trinajstić information content (AvgIpc) is 2.89. The third-order valence-corrected chi connectivity index (χ3v) is 4.35. The van der Waals surface area contributed by atoms with Crippen LogP contribution < -0.4 is 5.32 Å². The van der Waals surface area contributed by atoms with E-state index in [1.807, 2.05) is 31.2 Å². The lowest BCUT2D eigenvalue weighted by molar-refractivity contribution is 0.0950. The van der Waals surface area contributed by atoms with Gasteiger partial charge >= 0.3 is 0 Å². The summed E-state index contributed by atoms with van der Waals surface area (Å²) in [7, 11) is 0. The first kappa shape index (κ1) is 17.2.